The molecular formula is C18H16N2O2. The zero-order valence-corrected chi connectivity index (χ0v) is 12.2. The fourth-order valence-corrected chi connectivity index (χ4v) is 2.33. The van der Waals surface area contributed by atoms with Crippen molar-refractivity contribution in [3.8, 4) is 22.5 Å². The fourth-order valence-electron chi connectivity index (χ4n) is 2.33. The summed E-state index contributed by atoms with van der Waals surface area (Å²) in [7, 11) is 0. The van der Waals surface area contributed by atoms with Crippen LogP contribution in [-0.4, -0.2) is 15.1 Å². The van der Waals surface area contributed by atoms with Crippen molar-refractivity contribution in [1.82, 2.24) is 9.97 Å². The molecule has 0 saturated heterocycles. The van der Waals surface area contributed by atoms with Gasteiger partial charge < -0.3 is 10.1 Å². The predicted octanol–water partition coefficient (Wildman–Crippen LogP) is 2.90. The van der Waals surface area contributed by atoms with E-state index in [1.165, 1.54) is 0 Å². The van der Waals surface area contributed by atoms with Crippen LogP contribution in [0.2, 0.25) is 0 Å². The van der Waals surface area contributed by atoms with Crippen LogP contribution in [0.15, 0.2) is 59.4 Å². The third-order valence-corrected chi connectivity index (χ3v) is 3.56. The molecular weight excluding hydrogens is 276 g/mol. The van der Waals surface area contributed by atoms with E-state index in [-0.39, 0.29) is 12.2 Å². The van der Waals surface area contributed by atoms with Gasteiger partial charge in [0.1, 0.15) is 5.69 Å². The fraction of sp³-hybridized carbons (Fsp3) is 0.111. The number of nitrogens with one attached hydrogen (secondary N) is 1. The summed E-state index contributed by atoms with van der Waals surface area (Å²) in [5.41, 5.74) is 4.31. The minimum absolute atomic E-state index is 0.00547. The van der Waals surface area contributed by atoms with Crippen molar-refractivity contribution >= 4 is 0 Å². The Morgan fingerprint density at radius 3 is 2.32 bits per heavy atom. The number of aliphatic hydroxyl groups is 1. The Labute approximate surface area is 128 Å². The van der Waals surface area contributed by atoms with Crippen LogP contribution in [0.1, 0.15) is 11.3 Å². The third kappa shape index (κ3) is 2.69. The van der Waals surface area contributed by atoms with Gasteiger partial charge in [-0.05, 0) is 12.5 Å². The van der Waals surface area contributed by atoms with Crippen LogP contribution in [0.3, 0.4) is 0 Å². The second-order valence-electron chi connectivity index (χ2n) is 5.10. The molecule has 0 fully saturated rings. The van der Waals surface area contributed by atoms with E-state index < -0.39 is 0 Å². The molecule has 0 amide bonds. The average molecular weight is 292 g/mol. The normalized spacial score (nSPS) is 10.6. The van der Waals surface area contributed by atoms with Gasteiger partial charge in [-0.25, -0.2) is 4.98 Å². The molecule has 4 heteroatoms. The van der Waals surface area contributed by atoms with Crippen LogP contribution < -0.4 is 5.56 Å². The molecule has 3 aromatic rings. The Kier molecular flexibility index (Phi) is 3.85. The molecule has 1 heterocycles. The minimum atomic E-state index is -0.194. The molecule has 0 spiro atoms. The molecule has 4 nitrogen and oxygen atoms in total. The number of aryl methyl sites for hydroxylation is 1. The van der Waals surface area contributed by atoms with Gasteiger partial charge in [0, 0.05) is 11.1 Å². The van der Waals surface area contributed by atoms with Crippen LogP contribution in [-0.2, 0) is 6.61 Å². The summed E-state index contributed by atoms with van der Waals surface area (Å²) in [6.45, 7) is 1.69. The van der Waals surface area contributed by atoms with E-state index in [4.69, 9.17) is 5.11 Å². The number of nitrogens with zero attached hydrogens (tertiary/aromatic N) is 1. The van der Waals surface area contributed by atoms with Crippen molar-refractivity contribution in [2.45, 2.75) is 13.5 Å². The molecule has 22 heavy (non-hydrogen) atoms. The average Bonchev–Trinajstić information content (AvgIpc) is 2.58. The first-order valence-electron chi connectivity index (χ1n) is 7.05. The summed E-state index contributed by atoms with van der Waals surface area (Å²) in [4.78, 5) is 19.3. The van der Waals surface area contributed by atoms with Crippen molar-refractivity contribution in [2.24, 2.45) is 0 Å². The summed E-state index contributed by atoms with van der Waals surface area (Å²) in [6.07, 6.45) is 0. The van der Waals surface area contributed by atoms with E-state index in [2.05, 4.69) is 9.97 Å². The highest BCUT2D eigenvalue weighted by atomic mass is 16.3. The number of aliphatic hydroxyl groups excluding tert-OH is 1. The van der Waals surface area contributed by atoms with Crippen LogP contribution in [0, 0.1) is 6.92 Å². The van der Waals surface area contributed by atoms with Gasteiger partial charge in [0.25, 0.3) is 5.56 Å². The van der Waals surface area contributed by atoms with E-state index in [0.717, 1.165) is 22.4 Å². The molecule has 3 rings (SSSR count). The number of rotatable bonds is 3. The summed E-state index contributed by atoms with van der Waals surface area (Å²) in [5.74, 6) is 0. The molecule has 0 radical (unpaired) electrons. The van der Waals surface area contributed by atoms with Gasteiger partial charge in [0.2, 0.25) is 0 Å². The maximum Gasteiger partial charge on any atom is 0.269 e. The highest BCUT2D eigenvalue weighted by Crippen LogP contribution is 2.28. The van der Waals surface area contributed by atoms with E-state index in [1.807, 2.05) is 54.6 Å². The maximum atomic E-state index is 12.0. The Morgan fingerprint density at radius 2 is 1.68 bits per heavy atom. The van der Waals surface area contributed by atoms with Crippen LogP contribution >= 0.6 is 0 Å². The number of aromatic amines is 1. The van der Waals surface area contributed by atoms with Gasteiger partial charge in [-0.1, -0.05) is 54.6 Å². The first-order chi connectivity index (χ1) is 10.7. The third-order valence-electron chi connectivity index (χ3n) is 3.56. The summed E-state index contributed by atoms with van der Waals surface area (Å²) in [5, 5.41) is 9.14. The van der Waals surface area contributed by atoms with Gasteiger partial charge in [-0.3, -0.25) is 4.79 Å². The highest BCUT2D eigenvalue weighted by molar-refractivity contribution is 5.77. The second-order valence-corrected chi connectivity index (χ2v) is 5.10. The van der Waals surface area contributed by atoms with E-state index in [1.54, 1.807) is 6.92 Å². The number of hydrogen-bond acceptors (Lipinski definition) is 3. The van der Waals surface area contributed by atoms with Crippen LogP contribution in [0.5, 0.6) is 0 Å². The molecule has 0 aliphatic heterocycles. The lowest BCUT2D eigenvalue weighted by molar-refractivity contribution is 0.282. The Hall–Kier alpha value is -2.72. The van der Waals surface area contributed by atoms with Gasteiger partial charge >= 0.3 is 0 Å². The molecule has 0 aliphatic rings. The molecule has 2 aromatic carbocycles. The van der Waals surface area contributed by atoms with Crippen molar-refractivity contribution in [3.05, 3.63) is 76.2 Å². The number of hydrogen-bond donors (Lipinski definition) is 2. The van der Waals surface area contributed by atoms with Gasteiger partial charge in [0.05, 0.1) is 18.0 Å². The molecule has 0 atom stereocenters. The Morgan fingerprint density at radius 1 is 1.00 bits per heavy atom. The van der Waals surface area contributed by atoms with Crippen molar-refractivity contribution in [2.75, 3.05) is 0 Å². The monoisotopic (exact) mass is 292 g/mol. The largest absolute Gasteiger partial charge is 0.392 e. The Bertz CT molecular complexity index is 837. The highest BCUT2D eigenvalue weighted by Gasteiger charge is 2.12. The van der Waals surface area contributed by atoms with Crippen molar-refractivity contribution in [1.29, 1.82) is 0 Å². The molecule has 2 N–H and O–H groups in total. The summed E-state index contributed by atoms with van der Waals surface area (Å²) < 4.78 is 0. The topological polar surface area (TPSA) is 66.0 Å². The second kappa shape index (κ2) is 5.95. The number of aromatic nitrogens is 2. The number of H-pyrrole nitrogens is 1. The lowest BCUT2D eigenvalue weighted by Gasteiger charge is -2.10. The summed E-state index contributed by atoms with van der Waals surface area (Å²) in [6, 6.07) is 17.2. The first-order valence-corrected chi connectivity index (χ1v) is 7.05. The lowest BCUT2D eigenvalue weighted by Crippen LogP contribution is -2.14. The zero-order valence-electron chi connectivity index (χ0n) is 12.2. The smallest absolute Gasteiger partial charge is 0.269 e. The molecule has 0 bridgehead atoms. The number of benzene rings is 2. The first kappa shape index (κ1) is 14.2. The van der Waals surface area contributed by atoms with Crippen molar-refractivity contribution in [3.63, 3.8) is 0 Å². The molecule has 0 aliphatic carbocycles. The maximum absolute atomic E-state index is 12.0. The molecule has 0 unspecified atom stereocenters. The molecule has 110 valence electrons. The van der Waals surface area contributed by atoms with Gasteiger partial charge in [-0.15, -0.1) is 0 Å². The van der Waals surface area contributed by atoms with Gasteiger partial charge in [-0.2, -0.15) is 0 Å². The zero-order chi connectivity index (χ0) is 15.5. The molecule has 1 aromatic heterocycles. The standard InChI is InChI=1S/C18H16N2O2/c1-12-18(22)20-17(15-9-7-13(11-21)8-10-15)16(19-12)14-5-3-2-4-6-14/h2-10,21H,11H2,1H3,(H,20,22). The van der Waals surface area contributed by atoms with E-state index in [0.29, 0.717) is 11.4 Å². The van der Waals surface area contributed by atoms with Crippen LogP contribution in [0.4, 0.5) is 0 Å². The van der Waals surface area contributed by atoms with E-state index in [9.17, 15) is 4.79 Å². The SMILES string of the molecule is Cc1nc(-c2ccccc2)c(-c2ccc(CO)cc2)[nH]c1=O. The lowest BCUT2D eigenvalue weighted by atomic mass is 10.0. The quantitative estimate of drug-likeness (QED) is 0.780. The summed E-state index contributed by atoms with van der Waals surface area (Å²) >= 11 is 0. The van der Waals surface area contributed by atoms with E-state index >= 15 is 0 Å². The van der Waals surface area contributed by atoms with Crippen LogP contribution in [0.25, 0.3) is 22.5 Å². The minimum Gasteiger partial charge on any atom is -0.392 e. The molecule has 0 saturated carbocycles. The predicted molar refractivity (Wildman–Crippen MR) is 86.4 cm³/mol. The van der Waals surface area contributed by atoms with Crippen molar-refractivity contribution < 1.29 is 5.11 Å². The van der Waals surface area contributed by atoms with Gasteiger partial charge in [0.15, 0.2) is 0 Å². The Balaban J connectivity index is 2.21.